The fourth-order valence-corrected chi connectivity index (χ4v) is 2.20. The van der Waals surface area contributed by atoms with Gasteiger partial charge in [-0.3, -0.25) is 5.10 Å². The first-order valence-electron chi connectivity index (χ1n) is 6.96. The third kappa shape index (κ3) is 3.03. The van der Waals surface area contributed by atoms with Crippen LogP contribution in [0.1, 0.15) is 15.9 Å². The van der Waals surface area contributed by atoms with Gasteiger partial charge in [0, 0.05) is 18.0 Å². The van der Waals surface area contributed by atoms with Crippen LogP contribution in [0.4, 0.5) is 11.6 Å². The molecule has 0 atom stereocenters. The lowest BCUT2D eigenvalue weighted by atomic mass is 10.0. The number of nitrogens with zero attached hydrogens (tertiary/aromatic N) is 3. The minimum absolute atomic E-state index is 0.400. The van der Waals surface area contributed by atoms with E-state index in [9.17, 15) is 4.79 Å². The highest BCUT2D eigenvalue weighted by Gasteiger charge is 2.16. The summed E-state index contributed by atoms with van der Waals surface area (Å²) in [6.45, 7) is 1.89. The molecule has 3 rings (SSSR count). The van der Waals surface area contributed by atoms with E-state index in [0.717, 1.165) is 11.3 Å². The molecule has 0 fully saturated rings. The number of carbonyl (C=O) groups excluding carboxylic acids is 1. The summed E-state index contributed by atoms with van der Waals surface area (Å²) in [5.41, 5.74) is 3.45. The molecule has 0 saturated carbocycles. The summed E-state index contributed by atoms with van der Waals surface area (Å²) in [5.74, 6) is 0.0228. The Balaban J connectivity index is 2.04. The van der Waals surface area contributed by atoms with Crippen LogP contribution >= 0.6 is 0 Å². The van der Waals surface area contributed by atoms with Gasteiger partial charge in [-0.1, -0.05) is 18.2 Å². The second-order valence-electron chi connectivity index (χ2n) is 4.87. The van der Waals surface area contributed by atoms with Crippen molar-refractivity contribution in [3.63, 3.8) is 0 Å². The van der Waals surface area contributed by atoms with Gasteiger partial charge in [-0.15, -0.1) is 0 Å². The predicted molar refractivity (Wildman–Crippen MR) is 85.4 cm³/mol. The smallest absolute Gasteiger partial charge is 0.338 e. The Bertz CT molecular complexity index is 830. The average Bonchev–Trinajstić information content (AvgIpc) is 3.09. The molecule has 23 heavy (non-hydrogen) atoms. The van der Waals surface area contributed by atoms with Gasteiger partial charge in [0.1, 0.15) is 0 Å². The lowest BCUT2D eigenvalue weighted by molar-refractivity contribution is 0.0601. The van der Waals surface area contributed by atoms with Crippen molar-refractivity contribution in [3.8, 4) is 11.3 Å². The maximum Gasteiger partial charge on any atom is 0.338 e. The number of aromatic amines is 1. The van der Waals surface area contributed by atoms with Crippen molar-refractivity contribution in [1.29, 1.82) is 0 Å². The molecule has 2 heterocycles. The molecule has 0 unspecified atom stereocenters. The van der Waals surface area contributed by atoms with E-state index >= 15 is 0 Å². The summed E-state index contributed by atoms with van der Waals surface area (Å²) in [6, 6.07) is 7.19. The maximum atomic E-state index is 12.0. The number of benzene rings is 1. The van der Waals surface area contributed by atoms with Crippen LogP contribution in [0.5, 0.6) is 0 Å². The Morgan fingerprint density at radius 3 is 2.83 bits per heavy atom. The molecular formula is C16H15N5O2. The van der Waals surface area contributed by atoms with Crippen LogP contribution < -0.4 is 5.32 Å². The van der Waals surface area contributed by atoms with Gasteiger partial charge in [0.15, 0.2) is 0 Å². The Hall–Kier alpha value is -3.22. The summed E-state index contributed by atoms with van der Waals surface area (Å²) in [7, 11) is 1.36. The van der Waals surface area contributed by atoms with E-state index in [0.29, 0.717) is 22.8 Å². The van der Waals surface area contributed by atoms with E-state index in [1.165, 1.54) is 7.11 Å². The average molecular weight is 309 g/mol. The first-order valence-corrected chi connectivity index (χ1v) is 6.96. The Morgan fingerprint density at radius 2 is 2.09 bits per heavy atom. The molecule has 0 aliphatic carbocycles. The van der Waals surface area contributed by atoms with Gasteiger partial charge in [0.2, 0.25) is 5.95 Å². The number of anilines is 2. The van der Waals surface area contributed by atoms with Gasteiger partial charge in [0.05, 0.1) is 30.3 Å². The zero-order valence-electron chi connectivity index (χ0n) is 12.7. The highest BCUT2D eigenvalue weighted by molar-refractivity contribution is 5.97. The number of esters is 1. The number of hydrogen-bond acceptors (Lipinski definition) is 6. The number of nitrogens with one attached hydrogen (secondary N) is 2. The van der Waals surface area contributed by atoms with Crippen molar-refractivity contribution >= 4 is 17.6 Å². The number of aromatic nitrogens is 4. The van der Waals surface area contributed by atoms with Gasteiger partial charge in [-0.25, -0.2) is 14.8 Å². The van der Waals surface area contributed by atoms with Crippen LogP contribution in [-0.2, 0) is 4.74 Å². The number of ether oxygens (including phenoxy) is 1. The lowest BCUT2D eigenvalue weighted by Gasteiger charge is -2.11. The van der Waals surface area contributed by atoms with Gasteiger partial charge >= 0.3 is 5.97 Å². The van der Waals surface area contributed by atoms with E-state index in [-0.39, 0.29) is 0 Å². The number of methoxy groups -OCH3 is 1. The van der Waals surface area contributed by atoms with Crippen molar-refractivity contribution in [2.45, 2.75) is 6.92 Å². The number of aryl methyl sites for hydroxylation is 1. The lowest BCUT2D eigenvalue weighted by Crippen LogP contribution is -2.06. The highest BCUT2D eigenvalue weighted by Crippen LogP contribution is 2.26. The summed E-state index contributed by atoms with van der Waals surface area (Å²) in [4.78, 5) is 20.7. The van der Waals surface area contributed by atoms with Crippen molar-refractivity contribution in [2.24, 2.45) is 0 Å². The summed E-state index contributed by atoms with van der Waals surface area (Å²) >= 11 is 0. The Morgan fingerprint density at radius 1 is 1.26 bits per heavy atom. The first-order chi connectivity index (χ1) is 11.2. The van der Waals surface area contributed by atoms with E-state index in [1.54, 1.807) is 30.7 Å². The zero-order chi connectivity index (χ0) is 16.2. The first kappa shape index (κ1) is 14.7. The number of rotatable bonds is 4. The van der Waals surface area contributed by atoms with Crippen LogP contribution in [-0.4, -0.2) is 33.2 Å². The highest BCUT2D eigenvalue weighted by atomic mass is 16.5. The SMILES string of the molecule is COC(=O)c1ccccc1-c1nc(Nc2cn[nH]c2)ncc1C. The molecular weight excluding hydrogens is 294 g/mol. The van der Waals surface area contributed by atoms with E-state index in [4.69, 9.17) is 4.74 Å². The summed E-state index contributed by atoms with van der Waals surface area (Å²) in [6.07, 6.45) is 5.04. The zero-order valence-corrected chi connectivity index (χ0v) is 12.7. The molecule has 0 bridgehead atoms. The summed E-state index contributed by atoms with van der Waals surface area (Å²) in [5, 5.41) is 9.62. The van der Waals surface area contributed by atoms with Gasteiger partial charge in [-0.2, -0.15) is 5.10 Å². The minimum atomic E-state index is -0.400. The fraction of sp³-hybridized carbons (Fsp3) is 0.125. The summed E-state index contributed by atoms with van der Waals surface area (Å²) < 4.78 is 4.84. The number of H-pyrrole nitrogens is 1. The Labute approximate surface area is 132 Å². The molecule has 2 aromatic heterocycles. The molecule has 0 aliphatic rings. The fourth-order valence-electron chi connectivity index (χ4n) is 2.20. The molecule has 2 N–H and O–H groups in total. The van der Waals surface area contributed by atoms with Crippen LogP contribution in [0.3, 0.4) is 0 Å². The van der Waals surface area contributed by atoms with E-state index in [2.05, 4.69) is 25.5 Å². The third-order valence-corrected chi connectivity index (χ3v) is 3.31. The predicted octanol–water partition coefficient (Wildman–Crippen LogP) is 2.71. The van der Waals surface area contributed by atoms with Crippen LogP contribution in [0.15, 0.2) is 42.9 Å². The van der Waals surface area contributed by atoms with Gasteiger partial charge < -0.3 is 10.1 Å². The minimum Gasteiger partial charge on any atom is -0.465 e. The molecule has 0 radical (unpaired) electrons. The molecule has 0 spiro atoms. The molecule has 7 heteroatoms. The molecule has 3 aromatic rings. The molecule has 1 aromatic carbocycles. The second-order valence-corrected chi connectivity index (χ2v) is 4.87. The molecule has 7 nitrogen and oxygen atoms in total. The third-order valence-electron chi connectivity index (χ3n) is 3.31. The molecule has 0 amide bonds. The van der Waals surface area contributed by atoms with Gasteiger partial charge in [0.25, 0.3) is 0 Å². The van der Waals surface area contributed by atoms with Crippen molar-refractivity contribution in [3.05, 3.63) is 54.0 Å². The number of hydrogen-bond donors (Lipinski definition) is 2. The van der Waals surface area contributed by atoms with E-state index < -0.39 is 5.97 Å². The Kier molecular flexibility index (Phi) is 4.01. The van der Waals surface area contributed by atoms with Crippen LogP contribution in [0.25, 0.3) is 11.3 Å². The van der Waals surface area contributed by atoms with Crippen LogP contribution in [0.2, 0.25) is 0 Å². The monoisotopic (exact) mass is 309 g/mol. The molecule has 0 saturated heterocycles. The quantitative estimate of drug-likeness (QED) is 0.720. The van der Waals surface area contributed by atoms with Crippen molar-refractivity contribution in [2.75, 3.05) is 12.4 Å². The standard InChI is InChI=1S/C16H15N5O2/c1-10-7-17-16(20-11-8-18-19-9-11)21-14(10)12-5-3-4-6-13(12)15(22)23-2/h3-9H,1-2H3,(H,18,19)(H,17,20,21). The van der Waals surface area contributed by atoms with E-state index in [1.807, 2.05) is 19.1 Å². The largest absolute Gasteiger partial charge is 0.465 e. The van der Waals surface area contributed by atoms with Crippen molar-refractivity contribution in [1.82, 2.24) is 20.2 Å². The topological polar surface area (TPSA) is 92.8 Å². The van der Waals surface area contributed by atoms with Crippen LogP contribution in [0, 0.1) is 6.92 Å². The molecule has 0 aliphatic heterocycles. The maximum absolute atomic E-state index is 12.0. The second kappa shape index (κ2) is 6.27. The number of carbonyl (C=O) groups is 1. The molecule has 116 valence electrons. The van der Waals surface area contributed by atoms with Crippen molar-refractivity contribution < 1.29 is 9.53 Å². The normalized spacial score (nSPS) is 10.3. The van der Waals surface area contributed by atoms with Gasteiger partial charge in [-0.05, 0) is 18.6 Å².